The van der Waals surface area contributed by atoms with Gasteiger partial charge in [-0.1, -0.05) is 24.6 Å². The van der Waals surface area contributed by atoms with Gasteiger partial charge in [-0.2, -0.15) is 0 Å². The third-order valence-corrected chi connectivity index (χ3v) is 8.97. The predicted octanol–water partition coefficient (Wildman–Crippen LogP) is 7.26. The molecule has 0 spiro atoms. The van der Waals surface area contributed by atoms with E-state index in [4.69, 9.17) is 28.8 Å². The molecule has 5 heterocycles. The number of hydrogen-bond donors (Lipinski definition) is 1. The topological polar surface area (TPSA) is 49.2 Å². The molecule has 4 aromatic rings. The average molecular weight is 571 g/mol. The Bertz CT molecular complexity index is 1540. The zero-order chi connectivity index (χ0) is 28.0. The van der Waals surface area contributed by atoms with Gasteiger partial charge in [-0.3, -0.25) is 4.98 Å². The maximum atomic E-state index is 6.97. The SMILES string of the molecule is Cc1ccnc(-n2c(C)cc([C@@H]3[C@@H](c4ccccn4)NC(=S)N3c3ccc(N4CCC(C)CC4)c(Cl)c3)c2C)c1. The summed E-state index contributed by atoms with van der Waals surface area (Å²) in [6.45, 7) is 10.8. The van der Waals surface area contributed by atoms with Crippen LogP contribution in [0, 0.1) is 26.7 Å². The zero-order valence-electron chi connectivity index (χ0n) is 23.4. The molecule has 0 radical (unpaired) electrons. The number of pyridine rings is 2. The molecular weight excluding hydrogens is 536 g/mol. The Kier molecular flexibility index (Phi) is 7.27. The van der Waals surface area contributed by atoms with E-state index in [1.165, 1.54) is 24.0 Å². The van der Waals surface area contributed by atoms with Crippen LogP contribution in [0.25, 0.3) is 5.82 Å². The fraction of sp³-hybridized carbons (Fsp3) is 0.344. The van der Waals surface area contributed by atoms with Crippen molar-refractivity contribution < 1.29 is 0 Å². The van der Waals surface area contributed by atoms with Crippen molar-refractivity contribution in [3.63, 3.8) is 0 Å². The van der Waals surface area contributed by atoms with Crippen LogP contribution in [0.3, 0.4) is 0 Å². The fourth-order valence-electron chi connectivity index (χ4n) is 6.18. The molecule has 0 bridgehead atoms. The molecule has 2 fully saturated rings. The Hall–Kier alpha value is -3.42. The van der Waals surface area contributed by atoms with Crippen molar-refractivity contribution in [2.24, 2.45) is 5.92 Å². The van der Waals surface area contributed by atoms with Crippen molar-refractivity contribution in [3.8, 4) is 5.82 Å². The summed E-state index contributed by atoms with van der Waals surface area (Å²) in [5.74, 6) is 1.68. The number of aromatic nitrogens is 3. The highest BCUT2D eigenvalue weighted by atomic mass is 35.5. The second-order valence-corrected chi connectivity index (χ2v) is 11.9. The number of halogens is 1. The molecule has 0 unspecified atom stereocenters. The Morgan fingerprint density at radius 2 is 1.75 bits per heavy atom. The van der Waals surface area contributed by atoms with Crippen LogP contribution in [0.2, 0.25) is 5.02 Å². The second kappa shape index (κ2) is 10.9. The predicted molar refractivity (Wildman–Crippen MR) is 168 cm³/mol. The van der Waals surface area contributed by atoms with Crippen LogP contribution in [0.5, 0.6) is 0 Å². The molecular formula is C32H35ClN6S. The Balaban J connectivity index is 1.44. The summed E-state index contributed by atoms with van der Waals surface area (Å²) in [5, 5.41) is 5.01. The van der Waals surface area contributed by atoms with E-state index in [1.54, 1.807) is 0 Å². The Labute approximate surface area is 247 Å². The smallest absolute Gasteiger partial charge is 0.174 e. The standard InChI is InChI=1S/C32H35ClN6S/c1-20-11-15-37(16-12-20)28-9-8-24(19-26(28)33)39-31(30(36-32(39)40)27-7-5-6-13-34-27)25-18-22(3)38(23(25)4)29-17-21(2)10-14-35-29/h5-10,13-14,17-20,30-31H,11-12,15-16H2,1-4H3,(H,36,40)/t30-,31-/m1/s1. The van der Waals surface area contributed by atoms with Gasteiger partial charge in [-0.25, -0.2) is 4.98 Å². The molecule has 0 saturated carbocycles. The van der Waals surface area contributed by atoms with Crippen molar-refractivity contribution in [1.29, 1.82) is 0 Å². The van der Waals surface area contributed by atoms with E-state index in [1.807, 2.05) is 30.6 Å². The molecule has 3 aromatic heterocycles. The minimum atomic E-state index is -0.129. The van der Waals surface area contributed by atoms with Crippen molar-refractivity contribution in [2.45, 2.75) is 52.6 Å². The zero-order valence-corrected chi connectivity index (χ0v) is 25.0. The van der Waals surface area contributed by atoms with E-state index in [-0.39, 0.29) is 12.1 Å². The van der Waals surface area contributed by atoms with Crippen LogP contribution >= 0.6 is 23.8 Å². The fourth-order valence-corrected chi connectivity index (χ4v) is 6.82. The van der Waals surface area contributed by atoms with Crippen molar-refractivity contribution in [2.75, 3.05) is 22.9 Å². The lowest BCUT2D eigenvalue weighted by Gasteiger charge is -2.33. The Morgan fingerprint density at radius 3 is 2.45 bits per heavy atom. The lowest BCUT2D eigenvalue weighted by atomic mass is 9.96. The number of rotatable bonds is 5. The van der Waals surface area contributed by atoms with Gasteiger partial charge in [0.25, 0.3) is 0 Å². The first-order chi connectivity index (χ1) is 19.3. The number of aryl methyl sites for hydroxylation is 2. The van der Waals surface area contributed by atoms with Gasteiger partial charge in [0.1, 0.15) is 5.82 Å². The van der Waals surface area contributed by atoms with Gasteiger partial charge >= 0.3 is 0 Å². The molecule has 2 saturated heterocycles. The molecule has 2 atom stereocenters. The molecule has 6 rings (SSSR count). The van der Waals surface area contributed by atoms with Gasteiger partial charge in [-0.05, 0) is 111 Å². The average Bonchev–Trinajstić information content (AvgIpc) is 3.44. The summed E-state index contributed by atoms with van der Waals surface area (Å²) in [6, 6.07) is 18.6. The molecule has 206 valence electrons. The first-order valence-corrected chi connectivity index (χ1v) is 14.8. The summed E-state index contributed by atoms with van der Waals surface area (Å²) in [6.07, 6.45) is 6.09. The minimum Gasteiger partial charge on any atom is -0.370 e. The lowest BCUT2D eigenvalue weighted by Crippen LogP contribution is -2.33. The molecule has 1 N–H and O–H groups in total. The number of hydrogen-bond acceptors (Lipinski definition) is 4. The van der Waals surface area contributed by atoms with Gasteiger partial charge < -0.3 is 19.7 Å². The maximum Gasteiger partial charge on any atom is 0.174 e. The van der Waals surface area contributed by atoms with E-state index in [0.29, 0.717) is 5.11 Å². The molecule has 0 aliphatic carbocycles. The normalized spacial score (nSPS) is 19.8. The van der Waals surface area contributed by atoms with E-state index >= 15 is 0 Å². The first-order valence-electron chi connectivity index (χ1n) is 14.0. The monoisotopic (exact) mass is 570 g/mol. The molecule has 40 heavy (non-hydrogen) atoms. The van der Waals surface area contributed by atoms with Crippen LogP contribution in [-0.2, 0) is 0 Å². The third kappa shape index (κ3) is 4.86. The number of benzene rings is 1. The number of nitrogens with one attached hydrogen (secondary N) is 1. The highest BCUT2D eigenvalue weighted by Gasteiger charge is 2.42. The van der Waals surface area contributed by atoms with E-state index < -0.39 is 0 Å². The second-order valence-electron chi connectivity index (χ2n) is 11.2. The minimum absolute atomic E-state index is 0.120. The van der Waals surface area contributed by atoms with Crippen LogP contribution in [0.15, 0.2) is 67.0 Å². The van der Waals surface area contributed by atoms with Gasteiger partial charge in [0.15, 0.2) is 5.11 Å². The molecule has 1 aromatic carbocycles. The summed E-state index contributed by atoms with van der Waals surface area (Å²) < 4.78 is 2.23. The highest BCUT2D eigenvalue weighted by molar-refractivity contribution is 7.80. The van der Waals surface area contributed by atoms with E-state index in [2.05, 4.69) is 88.8 Å². The van der Waals surface area contributed by atoms with Crippen LogP contribution < -0.4 is 15.1 Å². The highest BCUT2D eigenvalue weighted by Crippen LogP contribution is 2.45. The van der Waals surface area contributed by atoms with E-state index in [0.717, 1.165) is 58.3 Å². The van der Waals surface area contributed by atoms with Crippen molar-refractivity contribution in [3.05, 3.63) is 100 Å². The molecule has 2 aliphatic rings. The molecule has 8 heteroatoms. The summed E-state index contributed by atoms with van der Waals surface area (Å²) in [7, 11) is 0. The number of nitrogens with zero attached hydrogens (tertiary/aromatic N) is 5. The Morgan fingerprint density at radius 1 is 0.950 bits per heavy atom. The van der Waals surface area contributed by atoms with Gasteiger partial charge in [0.05, 0.1) is 28.5 Å². The van der Waals surface area contributed by atoms with Crippen molar-refractivity contribution in [1.82, 2.24) is 19.9 Å². The largest absolute Gasteiger partial charge is 0.370 e. The summed E-state index contributed by atoms with van der Waals surface area (Å²) in [4.78, 5) is 14.0. The number of thiocarbonyl (C=S) groups is 1. The quantitative estimate of drug-likeness (QED) is 0.255. The number of anilines is 2. The third-order valence-electron chi connectivity index (χ3n) is 8.35. The van der Waals surface area contributed by atoms with Gasteiger partial charge in [0, 0.05) is 42.6 Å². The first kappa shape index (κ1) is 26.8. The van der Waals surface area contributed by atoms with Crippen LogP contribution in [-0.4, -0.2) is 32.7 Å². The molecule has 0 amide bonds. The van der Waals surface area contributed by atoms with Gasteiger partial charge in [0.2, 0.25) is 0 Å². The lowest BCUT2D eigenvalue weighted by molar-refractivity contribution is 0.438. The van der Waals surface area contributed by atoms with Gasteiger partial charge in [-0.15, -0.1) is 0 Å². The molecule has 2 aliphatic heterocycles. The van der Waals surface area contributed by atoms with Crippen LogP contribution in [0.1, 0.15) is 60.1 Å². The van der Waals surface area contributed by atoms with E-state index in [9.17, 15) is 0 Å². The van der Waals surface area contributed by atoms with Crippen LogP contribution in [0.4, 0.5) is 11.4 Å². The number of piperidine rings is 1. The summed E-state index contributed by atoms with van der Waals surface area (Å²) in [5.41, 5.74) is 7.61. The summed E-state index contributed by atoms with van der Waals surface area (Å²) >= 11 is 13.0. The van der Waals surface area contributed by atoms with Crippen molar-refractivity contribution >= 4 is 40.3 Å². The maximum absolute atomic E-state index is 6.97. The molecule has 6 nitrogen and oxygen atoms in total.